The van der Waals surface area contributed by atoms with Crippen LogP contribution < -0.4 is 4.74 Å². The van der Waals surface area contributed by atoms with E-state index in [4.69, 9.17) is 15.4 Å². The van der Waals surface area contributed by atoms with Gasteiger partial charge in [-0.3, -0.25) is 0 Å². The summed E-state index contributed by atoms with van der Waals surface area (Å²) in [6, 6.07) is 6.82. The first-order valence-corrected chi connectivity index (χ1v) is 5.84. The maximum atomic E-state index is 11.2. The van der Waals surface area contributed by atoms with E-state index < -0.39 is 17.5 Å². The highest BCUT2D eigenvalue weighted by molar-refractivity contribution is 5.73. The smallest absolute Gasteiger partial charge is 0.345 e. The van der Waals surface area contributed by atoms with Gasteiger partial charge in [0.2, 0.25) is 0 Å². The zero-order valence-corrected chi connectivity index (χ0v) is 11.2. The van der Waals surface area contributed by atoms with Crippen molar-refractivity contribution in [2.45, 2.75) is 33.4 Å². The minimum Gasteiger partial charge on any atom is -0.478 e. The number of nitrogens with zero attached hydrogens (tertiary/aromatic N) is 3. The monoisotopic (exact) mass is 263 g/mol. The van der Waals surface area contributed by atoms with Crippen molar-refractivity contribution in [1.82, 2.24) is 0 Å². The summed E-state index contributed by atoms with van der Waals surface area (Å²) < 4.78 is 5.50. The summed E-state index contributed by atoms with van der Waals surface area (Å²) in [7, 11) is 0. The number of benzene rings is 1. The molecule has 0 spiro atoms. The fourth-order valence-electron chi connectivity index (χ4n) is 1.52. The van der Waals surface area contributed by atoms with Crippen LogP contribution in [0.5, 0.6) is 5.75 Å². The Morgan fingerprint density at radius 2 is 2.00 bits per heavy atom. The maximum absolute atomic E-state index is 11.2. The number of hydrogen-bond donors (Lipinski definition) is 1. The van der Waals surface area contributed by atoms with Gasteiger partial charge < -0.3 is 9.84 Å². The van der Waals surface area contributed by atoms with Crippen molar-refractivity contribution in [1.29, 1.82) is 0 Å². The van der Waals surface area contributed by atoms with Crippen LogP contribution in [0.25, 0.3) is 10.4 Å². The molecule has 0 saturated heterocycles. The van der Waals surface area contributed by atoms with Crippen molar-refractivity contribution >= 4 is 5.97 Å². The number of rotatable bonds is 5. The lowest BCUT2D eigenvalue weighted by molar-refractivity contribution is -0.150. The van der Waals surface area contributed by atoms with Gasteiger partial charge in [-0.05, 0) is 23.2 Å². The first-order valence-electron chi connectivity index (χ1n) is 5.84. The van der Waals surface area contributed by atoms with Gasteiger partial charge in [-0.25, -0.2) is 4.79 Å². The van der Waals surface area contributed by atoms with Crippen LogP contribution in [0.3, 0.4) is 0 Å². The summed E-state index contributed by atoms with van der Waals surface area (Å²) in [6.45, 7) is 5.68. The molecule has 1 atom stereocenters. The molecule has 0 radical (unpaired) electrons. The Hall–Kier alpha value is -2.20. The van der Waals surface area contributed by atoms with Crippen molar-refractivity contribution < 1.29 is 14.6 Å². The molecule has 1 unspecified atom stereocenters. The van der Waals surface area contributed by atoms with E-state index in [1.54, 1.807) is 24.3 Å². The summed E-state index contributed by atoms with van der Waals surface area (Å²) in [5.41, 5.74) is 8.56. The molecular weight excluding hydrogens is 246 g/mol. The Labute approximate surface area is 111 Å². The van der Waals surface area contributed by atoms with Gasteiger partial charge in [0, 0.05) is 10.3 Å². The van der Waals surface area contributed by atoms with Crippen LogP contribution in [0.15, 0.2) is 29.4 Å². The Morgan fingerprint density at radius 1 is 1.42 bits per heavy atom. The average molecular weight is 263 g/mol. The highest BCUT2D eigenvalue weighted by atomic mass is 16.5. The van der Waals surface area contributed by atoms with Gasteiger partial charge in [-0.1, -0.05) is 38.0 Å². The third-order valence-corrected chi connectivity index (χ3v) is 2.50. The standard InChI is InChI=1S/C13H17N3O3/c1-13(2,3)11(12(17)18)19-10-6-4-9(5-7-10)8-15-16-14/h4-7,11H,8H2,1-3H3,(H,17,18). The van der Waals surface area contributed by atoms with Gasteiger partial charge in [0.25, 0.3) is 0 Å². The second-order valence-electron chi connectivity index (χ2n) is 5.24. The molecule has 0 bridgehead atoms. The number of carbonyl (C=O) groups is 1. The number of hydrogen-bond acceptors (Lipinski definition) is 3. The van der Waals surface area contributed by atoms with Crippen LogP contribution in [-0.2, 0) is 11.3 Å². The van der Waals surface area contributed by atoms with Crippen LogP contribution in [0, 0.1) is 5.41 Å². The Balaban J connectivity index is 2.81. The van der Waals surface area contributed by atoms with Crippen molar-refractivity contribution in [2.24, 2.45) is 10.5 Å². The predicted molar refractivity (Wildman–Crippen MR) is 70.8 cm³/mol. The molecule has 0 fully saturated rings. The predicted octanol–water partition coefficient (Wildman–Crippen LogP) is 3.38. The second-order valence-corrected chi connectivity index (χ2v) is 5.24. The summed E-state index contributed by atoms with van der Waals surface area (Å²) in [6.07, 6.45) is -0.921. The third kappa shape index (κ3) is 4.52. The molecule has 1 N–H and O–H groups in total. The molecular formula is C13H17N3O3. The second kappa shape index (κ2) is 6.11. The quantitative estimate of drug-likeness (QED) is 0.501. The lowest BCUT2D eigenvalue weighted by atomic mass is 9.89. The Bertz CT molecular complexity index is 485. The summed E-state index contributed by atoms with van der Waals surface area (Å²) in [5.74, 6) is -0.516. The minimum atomic E-state index is -0.995. The van der Waals surface area contributed by atoms with Crippen LogP contribution in [0.2, 0.25) is 0 Å². The molecule has 1 aromatic carbocycles. The number of ether oxygens (including phenoxy) is 1. The van der Waals surface area contributed by atoms with E-state index >= 15 is 0 Å². The molecule has 102 valence electrons. The van der Waals surface area contributed by atoms with E-state index in [2.05, 4.69) is 10.0 Å². The molecule has 1 rings (SSSR count). The molecule has 0 aliphatic heterocycles. The Morgan fingerprint density at radius 3 is 2.42 bits per heavy atom. The van der Waals surface area contributed by atoms with E-state index in [-0.39, 0.29) is 6.54 Å². The first kappa shape index (κ1) is 14.9. The normalized spacial score (nSPS) is 12.4. The zero-order chi connectivity index (χ0) is 14.5. The molecule has 6 heteroatoms. The van der Waals surface area contributed by atoms with E-state index in [1.165, 1.54) is 0 Å². The summed E-state index contributed by atoms with van der Waals surface area (Å²) >= 11 is 0. The number of carboxylic acids is 1. The molecule has 1 aromatic rings. The van der Waals surface area contributed by atoms with Crippen molar-refractivity contribution in [3.8, 4) is 5.75 Å². The fraction of sp³-hybridized carbons (Fsp3) is 0.462. The van der Waals surface area contributed by atoms with Gasteiger partial charge >= 0.3 is 5.97 Å². The van der Waals surface area contributed by atoms with E-state index in [0.29, 0.717) is 5.75 Å². The van der Waals surface area contributed by atoms with E-state index in [9.17, 15) is 4.79 Å². The topological polar surface area (TPSA) is 95.3 Å². The number of carboxylic acid groups (broad SMARTS) is 1. The zero-order valence-electron chi connectivity index (χ0n) is 11.2. The van der Waals surface area contributed by atoms with E-state index in [1.807, 2.05) is 20.8 Å². The molecule has 0 aliphatic rings. The van der Waals surface area contributed by atoms with Crippen LogP contribution in [-0.4, -0.2) is 17.2 Å². The third-order valence-electron chi connectivity index (χ3n) is 2.50. The van der Waals surface area contributed by atoms with Crippen molar-refractivity contribution in [3.05, 3.63) is 40.3 Å². The molecule has 0 amide bonds. The highest BCUT2D eigenvalue weighted by Crippen LogP contribution is 2.25. The molecule has 19 heavy (non-hydrogen) atoms. The highest BCUT2D eigenvalue weighted by Gasteiger charge is 2.33. The molecule has 0 saturated carbocycles. The van der Waals surface area contributed by atoms with Crippen LogP contribution >= 0.6 is 0 Å². The van der Waals surface area contributed by atoms with Gasteiger partial charge in [0.15, 0.2) is 6.10 Å². The lowest BCUT2D eigenvalue weighted by Gasteiger charge is -2.27. The SMILES string of the molecule is CC(C)(C)C(Oc1ccc(CN=[N+]=[N-])cc1)C(=O)O. The van der Waals surface area contributed by atoms with Gasteiger partial charge in [0.05, 0.1) is 6.54 Å². The van der Waals surface area contributed by atoms with Gasteiger partial charge in [0.1, 0.15) is 5.75 Å². The molecule has 6 nitrogen and oxygen atoms in total. The van der Waals surface area contributed by atoms with Gasteiger partial charge in [-0.15, -0.1) is 0 Å². The summed E-state index contributed by atoms with van der Waals surface area (Å²) in [4.78, 5) is 13.9. The first-order chi connectivity index (χ1) is 8.84. The van der Waals surface area contributed by atoms with Crippen molar-refractivity contribution in [3.63, 3.8) is 0 Å². The van der Waals surface area contributed by atoms with Crippen molar-refractivity contribution in [2.75, 3.05) is 0 Å². The van der Waals surface area contributed by atoms with E-state index in [0.717, 1.165) is 5.56 Å². The van der Waals surface area contributed by atoms with Crippen LogP contribution in [0.4, 0.5) is 0 Å². The molecule has 0 heterocycles. The average Bonchev–Trinajstić information content (AvgIpc) is 2.33. The number of aliphatic carboxylic acids is 1. The fourth-order valence-corrected chi connectivity index (χ4v) is 1.52. The molecule has 0 aromatic heterocycles. The largest absolute Gasteiger partial charge is 0.478 e. The van der Waals surface area contributed by atoms with Gasteiger partial charge in [-0.2, -0.15) is 0 Å². The molecule has 0 aliphatic carbocycles. The number of azide groups is 1. The Kier molecular flexibility index (Phi) is 4.78. The lowest BCUT2D eigenvalue weighted by Crippen LogP contribution is -2.39. The maximum Gasteiger partial charge on any atom is 0.345 e. The van der Waals surface area contributed by atoms with Crippen LogP contribution in [0.1, 0.15) is 26.3 Å². The minimum absolute atomic E-state index is 0.262. The summed E-state index contributed by atoms with van der Waals surface area (Å²) in [5, 5.41) is 12.6.